The zero-order valence-corrected chi connectivity index (χ0v) is 8.90. The third-order valence-electron chi connectivity index (χ3n) is 0.975. The van der Waals surface area contributed by atoms with E-state index < -0.39 is 9.05 Å². The van der Waals surface area contributed by atoms with Gasteiger partial charge >= 0.3 is 0 Å². The Balaban J connectivity index is 2.85. The maximum Gasteiger partial charge on any atom is 0.239 e. The minimum Gasteiger partial charge on any atom is -0.239 e. The van der Waals surface area contributed by atoms with Crippen LogP contribution in [0.5, 0.6) is 0 Å². The summed E-state index contributed by atoms with van der Waals surface area (Å²) in [6, 6.07) is 0. The van der Waals surface area contributed by atoms with Gasteiger partial charge in [0.05, 0.1) is 4.47 Å². The highest BCUT2D eigenvalue weighted by Gasteiger charge is 2.08. The van der Waals surface area contributed by atoms with Crippen LogP contribution in [0.3, 0.4) is 0 Å². The Morgan fingerprint density at radius 2 is 1.92 bits per heavy atom. The predicted molar refractivity (Wildman–Crippen MR) is 48.2 cm³/mol. The molecule has 0 N–H and O–H groups in total. The molecule has 0 saturated heterocycles. The van der Waals surface area contributed by atoms with E-state index in [-0.39, 0.29) is 11.6 Å². The summed E-state index contributed by atoms with van der Waals surface area (Å²) in [6.07, 6.45) is 2.93. The summed E-state index contributed by atoms with van der Waals surface area (Å²) in [4.78, 5) is 7.48. The quantitative estimate of drug-likeness (QED) is 0.761. The fraction of sp³-hybridized carbons (Fsp3) is 0.200. The lowest BCUT2D eigenvalue weighted by atomic mass is 10.6. The number of rotatable bonds is 2. The molecule has 0 fully saturated rings. The summed E-state index contributed by atoms with van der Waals surface area (Å²) in [7, 11) is 1.43. The van der Waals surface area contributed by atoms with Crippen molar-refractivity contribution in [2.24, 2.45) is 0 Å². The minimum absolute atomic E-state index is 0.188. The van der Waals surface area contributed by atoms with Gasteiger partial charge < -0.3 is 0 Å². The van der Waals surface area contributed by atoms with E-state index in [2.05, 4.69) is 25.9 Å². The lowest BCUT2D eigenvalue weighted by molar-refractivity contribution is 0.607. The first-order chi connectivity index (χ1) is 5.47. The third kappa shape index (κ3) is 3.46. The number of nitrogens with zero attached hydrogens (tertiary/aromatic N) is 2. The van der Waals surface area contributed by atoms with E-state index in [1.165, 1.54) is 12.4 Å². The van der Waals surface area contributed by atoms with Gasteiger partial charge in [-0.15, -0.1) is 0 Å². The van der Waals surface area contributed by atoms with Gasteiger partial charge in [-0.2, -0.15) is 0 Å². The number of aromatic nitrogens is 2. The molecular formula is C5H4BrClN2O2S. The molecule has 4 nitrogen and oxygen atoms in total. The molecule has 1 aromatic rings. The summed E-state index contributed by atoms with van der Waals surface area (Å²) in [5.41, 5.74) is 0. The number of hydrogen-bond acceptors (Lipinski definition) is 4. The molecule has 0 spiro atoms. The molecule has 0 unspecified atom stereocenters. The van der Waals surface area contributed by atoms with Crippen LogP contribution in [-0.2, 0) is 14.8 Å². The molecule has 1 heterocycles. The Bertz CT molecular complexity index is 364. The number of halogens is 2. The summed E-state index contributed by atoms with van der Waals surface area (Å²) in [5.74, 6) is -0.157. The van der Waals surface area contributed by atoms with Gasteiger partial charge in [-0.25, -0.2) is 18.4 Å². The van der Waals surface area contributed by atoms with Gasteiger partial charge in [-0.3, -0.25) is 0 Å². The van der Waals surface area contributed by atoms with Gasteiger partial charge in [0.1, 0.15) is 11.6 Å². The summed E-state index contributed by atoms with van der Waals surface area (Å²) in [6.45, 7) is 0. The number of hydrogen-bond donors (Lipinski definition) is 0. The van der Waals surface area contributed by atoms with Gasteiger partial charge in [0.2, 0.25) is 9.05 Å². The van der Waals surface area contributed by atoms with Crippen LogP contribution in [0.15, 0.2) is 16.9 Å². The molecule has 12 heavy (non-hydrogen) atoms. The van der Waals surface area contributed by atoms with Crippen molar-refractivity contribution in [2.75, 3.05) is 0 Å². The Labute approximate surface area is 82.5 Å². The van der Waals surface area contributed by atoms with Crippen LogP contribution < -0.4 is 0 Å². The average molecular weight is 272 g/mol. The molecule has 0 atom stereocenters. The second-order valence-electron chi connectivity index (χ2n) is 2.00. The van der Waals surface area contributed by atoms with Gasteiger partial charge in [0.15, 0.2) is 0 Å². The molecule has 0 bridgehead atoms. The molecule has 0 amide bonds. The Morgan fingerprint density at radius 1 is 1.42 bits per heavy atom. The molecule has 0 saturated carbocycles. The molecule has 0 aromatic carbocycles. The van der Waals surface area contributed by atoms with Crippen molar-refractivity contribution in [2.45, 2.75) is 5.75 Å². The monoisotopic (exact) mass is 270 g/mol. The molecule has 0 aliphatic carbocycles. The Morgan fingerprint density at radius 3 is 2.33 bits per heavy atom. The molecule has 7 heteroatoms. The Hall–Kier alpha value is -0.200. The highest BCUT2D eigenvalue weighted by Crippen LogP contribution is 2.08. The van der Waals surface area contributed by atoms with Crippen LogP contribution in [-0.4, -0.2) is 18.4 Å². The van der Waals surface area contributed by atoms with Crippen LogP contribution in [0.4, 0.5) is 0 Å². The zero-order valence-electron chi connectivity index (χ0n) is 5.74. The van der Waals surface area contributed by atoms with Crippen molar-refractivity contribution >= 4 is 35.7 Å². The lowest BCUT2D eigenvalue weighted by Gasteiger charge is -1.94. The van der Waals surface area contributed by atoms with E-state index in [0.717, 1.165) is 0 Å². The van der Waals surface area contributed by atoms with Gasteiger partial charge in [-0.05, 0) is 15.9 Å². The highest BCUT2D eigenvalue weighted by atomic mass is 79.9. The maximum atomic E-state index is 10.6. The van der Waals surface area contributed by atoms with Crippen LogP contribution in [0.25, 0.3) is 0 Å². The van der Waals surface area contributed by atoms with E-state index in [1.807, 2.05) is 0 Å². The van der Waals surface area contributed by atoms with Gasteiger partial charge in [0, 0.05) is 23.1 Å². The van der Waals surface area contributed by atoms with E-state index in [0.29, 0.717) is 4.47 Å². The van der Waals surface area contributed by atoms with Crippen molar-refractivity contribution in [3.63, 3.8) is 0 Å². The van der Waals surface area contributed by atoms with Crippen molar-refractivity contribution in [1.82, 2.24) is 9.97 Å². The first-order valence-corrected chi connectivity index (χ1v) is 6.13. The maximum absolute atomic E-state index is 10.6. The van der Waals surface area contributed by atoms with Gasteiger partial charge in [-0.1, -0.05) is 0 Å². The Kier molecular flexibility index (Phi) is 3.03. The average Bonchev–Trinajstić information content (AvgIpc) is 1.91. The molecule has 0 aliphatic heterocycles. The largest absolute Gasteiger partial charge is 0.239 e. The lowest BCUT2D eigenvalue weighted by Crippen LogP contribution is -2.00. The minimum atomic E-state index is -3.56. The van der Waals surface area contributed by atoms with E-state index in [1.54, 1.807) is 0 Å². The predicted octanol–water partition coefficient (Wildman–Crippen LogP) is 1.31. The van der Waals surface area contributed by atoms with E-state index in [4.69, 9.17) is 10.7 Å². The smallest absolute Gasteiger partial charge is 0.239 e. The zero-order chi connectivity index (χ0) is 9.19. The second kappa shape index (κ2) is 3.68. The topological polar surface area (TPSA) is 59.9 Å². The van der Waals surface area contributed by atoms with Crippen LogP contribution >= 0.6 is 26.6 Å². The second-order valence-corrected chi connectivity index (χ2v) is 5.69. The van der Waals surface area contributed by atoms with Gasteiger partial charge in [0.25, 0.3) is 0 Å². The molecule has 0 aliphatic rings. The standard InChI is InChI=1S/C5H4BrClN2O2S/c6-4-1-8-5(9-2-4)3-12(7,10)11/h1-2H,3H2. The van der Waals surface area contributed by atoms with Crippen molar-refractivity contribution in [3.05, 3.63) is 22.7 Å². The summed E-state index contributed by atoms with van der Waals surface area (Å²) >= 11 is 3.12. The van der Waals surface area contributed by atoms with Crippen LogP contribution in [0.1, 0.15) is 5.82 Å². The first kappa shape index (κ1) is 9.88. The van der Waals surface area contributed by atoms with Crippen molar-refractivity contribution in [3.8, 4) is 0 Å². The van der Waals surface area contributed by atoms with Crippen molar-refractivity contribution in [1.29, 1.82) is 0 Å². The van der Waals surface area contributed by atoms with E-state index in [9.17, 15) is 8.42 Å². The van der Waals surface area contributed by atoms with Crippen LogP contribution in [0, 0.1) is 0 Å². The first-order valence-electron chi connectivity index (χ1n) is 2.86. The van der Waals surface area contributed by atoms with Crippen LogP contribution in [0.2, 0.25) is 0 Å². The summed E-state index contributed by atoms with van der Waals surface area (Å²) in [5, 5.41) is 0. The van der Waals surface area contributed by atoms with E-state index >= 15 is 0 Å². The SMILES string of the molecule is O=S(=O)(Cl)Cc1ncc(Br)cn1. The molecule has 66 valence electrons. The normalized spacial score (nSPS) is 11.5. The molecule has 1 aromatic heterocycles. The third-order valence-corrected chi connectivity index (χ3v) is 2.32. The fourth-order valence-electron chi connectivity index (χ4n) is 0.568. The fourth-order valence-corrected chi connectivity index (χ4v) is 1.52. The summed E-state index contributed by atoms with van der Waals surface area (Å²) < 4.78 is 21.8. The molecular weight excluding hydrogens is 267 g/mol. The highest BCUT2D eigenvalue weighted by molar-refractivity contribution is 9.10. The molecule has 1 rings (SSSR count). The molecule has 0 radical (unpaired) electrons. The van der Waals surface area contributed by atoms with Crippen molar-refractivity contribution < 1.29 is 8.42 Å².